The van der Waals surface area contributed by atoms with E-state index in [9.17, 15) is 0 Å². The van der Waals surface area contributed by atoms with Crippen molar-refractivity contribution >= 4 is 0 Å². The van der Waals surface area contributed by atoms with Crippen molar-refractivity contribution in [2.75, 3.05) is 13.7 Å². The molecule has 0 spiro atoms. The fourth-order valence-electron chi connectivity index (χ4n) is 2.02. The van der Waals surface area contributed by atoms with Gasteiger partial charge in [0, 0.05) is 18.2 Å². The second-order valence-corrected chi connectivity index (χ2v) is 4.26. The van der Waals surface area contributed by atoms with Crippen LogP contribution >= 0.6 is 0 Å². The number of rotatable bonds is 5. The lowest BCUT2D eigenvalue weighted by Gasteiger charge is -2.09. The summed E-state index contributed by atoms with van der Waals surface area (Å²) in [6, 6.07) is 8.04. The van der Waals surface area contributed by atoms with E-state index in [4.69, 9.17) is 10.5 Å². The van der Waals surface area contributed by atoms with Gasteiger partial charge in [-0.3, -0.25) is 0 Å². The van der Waals surface area contributed by atoms with Gasteiger partial charge in [0.15, 0.2) is 0 Å². The van der Waals surface area contributed by atoms with Crippen molar-refractivity contribution in [3.63, 3.8) is 0 Å². The Bertz CT molecular complexity index is 520. The van der Waals surface area contributed by atoms with Crippen LogP contribution in [0.5, 0.6) is 5.75 Å². The molecule has 2 aromatic rings. The van der Waals surface area contributed by atoms with Crippen LogP contribution in [-0.2, 0) is 13.0 Å². The lowest BCUT2D eigenvalue weighted by molar-refractivity contribution is 0.408. The van der Waals surface area contributed by atoms with Gasteiger partial charge in [-0.05, 0) is 19.5 Å². The second kappa shape index (κ2) is 5.69. The van der Waals surface area contributed by atoms with Crippen molar-refractivity contribution < 1.29 is 4.74 Å². The molecule has 4 heteroatoms. The lowest BCUT2D eigenvalue weighted by atomic mass is 10.2. The molecule has 18 heavy (non-hydrogen) atoms. The summed E-state index contributed by atoms with van der Waals surface area (Å²) >= 11 is 0. The number of imidazole rings is 1. The lowest BCUT2D eigenvalue weighted by Crippen LogP contribution is -2.03. The van der Waals surface area contributed by atoms with E-state index in [0.717, 1.165) is 35.8 Å². The molecule has 0 bridgehead atoms. The standard InChI is InChI=1S/C14H19N3O/c1-11-16-13(7-8-15)10-17(11)9-12-5-3-4-6-14(12)18-2/h3-6,10H,7-9,15H2,1-2H3. The van der Waals surface area contributed by atoms with Crippen molar-refractivity contribution in [2.45, 2.75) is 19.9 Å². The van der Waals surface area contributed by atoms with E-state index in [1.54, 1.807) is 7.11 Å². The molecule has 0 saturated heterocycles. The number of aromatic nitrogens is 2. The van der Waals surface area contributed by atoms with Gasteiger partial charge in [-0.1, -0.05) is 18.2 Å². The normalized spacial score (nSPS) is 10.6. The van der Waals surface area contributed by atoms with E-state index in [1.165, 1.54) is 0 Å². The Hall–Kier alpha value is -1.81. The molecule has 0 saturated carbocycles. The summed E-state index contributed by atoms with van der Waals surface area (Å²) in [7, 11) is 1.69. The number of nitrogens with two attached hydrogens (primary N) is 1. The number of methoxy groups -OCH3 is 1. The van der Waals surface area contributed by atoms with Crippen molar-refractivity contribution in [2.24, 2.45) is 5.73 Å². The smallest absolute Gasteiger partial charge is 0.123 e. The molecule has 0 unspecified atom stereocenters. The van der Waals surface area contributed by atoms with Gasteiger partial charge >= 0.3 is 0 Å². The Morgan fingerprint density at radius 1 is 1.33 bits per heavy atom. The Morgan fingerprint density at radius 3 is 2.83 bits per heavy atom. The molecule has 4 nitrogen and oxygen atoms in total. The van der Waals surface area contributed by atoms with Gasteiger partial charge in [0.1, 0.15) is 11.6 Å². The predicted octanol–water partition coefficient (Wildman–Crippen LogP) is 1.75. The number of benzene rings is 1. The highest BCUT2D eigenvalue weighted by atomic mass is 16.5. The fraction of sp³-hybridized carbons (Fsp3) is 0.357. The Labute approximate surface area is 107 Å². The molecular weight excluding hydrogens is 226 g/mol. The van der Waals surface area contributed by atoms with E-state index in [2.05, 4.69) is 21.8 Å². The van der Waals surface area contributed by atoms with E-state index in [0.29, 0.717) is 6.54 Å². The van der Waals surface area contributed by atoms with Gasteiger partial charge in [0.25, 0.3) is 0 Å². The summed E-state index contributed by atoms with van der Waals surface area (Å²) in [5.74, 6) is 1.91. The highest BCUT2D eigenvalue weighted by Crippen LogP contribution is 2.19. The molecule has 2 N–H and O–H groups in total. The topological polar surface area (TPSA) is 53.1 Å². The predicted molar refractivity (Wildman–Crippen MR) is 71.8 cm³/mol. The molecule has 0 atom stereocenters. The van der Waals surface area contributed by atoms with Crippen LogP contribution in [0.15, 0.2) is 30.5 Å². The summed E-state index contributed by atoms with van der Waals surface area (Å²) in [5, 5.41) is 0. The molecule has 1 aromatic heterocycles. The minimum atomic E-state index is 0.630. The molecule has 96 valence electrons. The van der Waals surface area contributed by atoms with Crippen LogP contribution in [0.4, 0.5) is 0 Å². The first-order chi connectivity index (χ1) is 8.74. The molecule has 0 amide bonds. The van der Waals surface area contributed by atoms with Crippen molar-refractivity contribution in [1.82, 2.24) is 9.55 Å². The molecule has 0 aliphatic rings. The van der Waals surface area contributed by atoms with Gasteiger partial charge in [-0.15, -0.1) is 0 Å². The summed E-state index contributed by atoms with van der Waals surface area (Å²) in [6.07, 6.45) is 2.88. The number of hydrogen-bond acceptors (Lipinski definition) is 3. The minimum absolute atomic E-state index is 0.630. The van der Waals surface area contributed by atoms with Crippen molar-refractivity contribution in [3.05, 3.63) is 47.5 Å². The molecule has 0 aliphatic carbocycles. The van der Waals surface area contributed by atoms with E-state index < -0.39 is 0 Å². The monoisotopic (exact) mass is 245 g/mol. The summed E-state index contributed by atoms with van der Waals surface area (Å²) < 4.78 is 7.49. The van der Waals surface area contributed by atoms with Crippen molar-refractivity contribution in [1.29, 1.82) is 0 Å². The van der Waals surface area contributed by atoms with Crippen molar-refractivity contribution in [3.8, 4) is 5.75 Å². The third kappa shape index (κ3) is 2.71. The van der Waals surface area contributed by atoms with Gasteiger partial charge in [-0.2, -0.15) is 0 Å². The molecule has 1 heterocycles. The number of ether oxygens (including phenoxy) is 1. The Morgan fingerprint density at radius 2 is 2.11 bits per heavy atom. The third-order valence-electron chi connectivity index (χ3n) is 2.96. The van der Waals surface area contributed by atoms with Gasteiger partial charge in [0.05, 0.1) is 19.3 Å². The first kappa shape index (κ1) is 12.6. The van der Waals surface area contributed by atoms with Crippen LogP contribution in [0.3, 0.4) is 0 Å². The number of nitrogens with zero attached hydrogens (tertiary/aromatic N) is 2. The average molecular weight is 245 g/mol. The Balaban J connectivity index is 2.22. The Kier molecular flexibility index (Phi) is 3.99. The first-order valence-electron chi connectivity index (χ1n) is 6.09. The zero-order valence-electron chi connectivity index (χ0n) is 10.9. The van der Waals surface area contributed by atoms with Crippen LogP contribution in [-0.4, -0.2) is 23.2 Å². The van der Waals surface area contributed by atoms with Crippen LogP contribution in [0.2, 0.25) is 0 Å². The summed E-state index contributed by atoms with van der Waals surface area (Å²) in [4.78, 5) is 4.49. The highest BCUT2D eigenvalue weighted by Gasteiger charge is 2.07. The maximum Gasteiger partial charge on any atom is 0.123 e. The van der Waals surface area contributed by atoms with Crippen LogP contribution in [0, 0.1) is 6.92 Å². The van der Waals surface area contributed by atoms with Gasteiger partial charge < -0.3 is 15.0 Å². The van der Waals surface area contributed by atoms with E-state index in [1.807, 2.05) is 25.1 Å². The largest absolute Gasteiger partial charge is 0.496 e. The first-order valence-corrected chi connectivity index (χ1v) is 6.09. The van der Waals surface area contributed by atoms with Crippen LogP contribution in [0.25, 0.3) is 0 Å². The van der Waals surface area contributed by atoms with Gasteiger partial charge in [0.2, 0.25) is 0 Å². The molecule has 2 rings (SSSR count). The fourth-order valence-corrected chi connectivity index (χ4v) is 2.02. The van der Waals surface area contributed by atoms with Crippen LogP contribution in [0.1, 0.15) is 17.1 Å². The molecular formula is C14H19N3O. The maximum atomic E-state index is 5.55. The maximum absolute atomic E-state index is 5.55. The quantitative estimate of drug-likeness (QED) is 0.873. The van der Waals surface area contributed by atoms with Crippen LogP contribution < -0.4 is 10.5 Å². The molecule has 0 radical (unpaired) electrons. The molecule has 0 fully saturated rings. The zero-order valence-corrected chi connectivity index (χ0v) is 10.9. The molecule has 1 aromatic carbocycles. The average Bonchev–Trinajstić information content (AvgIpc) is 2.71. The SMILES string of the molecule is COc1ccccc1Cn1cc(CCN)nc1C. The van der Waals surface area contributed by atoms with E-state index in [-0.39, 0.29) is 0 Å². The highest BCUT2D eigenvalue weighted by molar-refractivity contribution is 5.33. The molecule has 0 aliphatic heterocycles. The number of aryl methyl sites for hydroxylation is 1. The second-order valence-electron chi connectivity index (χ2n) is 4.26. The number of para-hydroxylation sites is 1. The number of hydrogen-bond donors (Lipinski definition) is 1. The van der Waals surface area contributed by atoms with Gasteiger partial charge in [-0.25, -0.2) is 4.98 Å². The summed E-state index contributed by atoms with van der Waals surface area (Å²) in [5.41, 5.74) is 7.75. The van der Waals surface area contributed by atoms with E-state index >= 15 is 0 Å². The third-order valence-corrected chi connectivity index (χ3v) is 2.96. The summed E-state index contributed by atoms with van der Waals surface area (Å²) in [6.45, 7) is 3.41. The minimum Gasteiger partial charge on any atom is -0.496 e. The zero-order chi connectivity index (χ0) is 13.0.